The van der Waals surface area contributed by atoms with E-state index in [9.17, 15) is 4.39 Å². The Hall–Kier alpha value is -2.68. The maximum Gasteiger partial charge on any atom is 0.227 e. The Morgan fingerprint density at radius 1 is 1.38 bits per heavy atom. The lowest BCUT2D eigenvalue weighted by molar-refractivity contribution is 0.421. The zero-order chi connectivity index (χ0) is 15.2. The third-order valence-corrected chi connectivity index (χ3v) is 2.91. The first-order valence-electron chi connectivity index (χ1n) is 6.58. The van der Waals surface area contributed by atoms with Crippen LogP contribution in [0.25, 0.3) is 0 Å². The number of hydrogen-bond donors (Lipinski definition) is 1. The van der Waals surface area contributed by atoms with Crippen LogP contribution in [0.3, 0.4) is 0 Å². The lowest BCUT2D eigenvalue weighted by atomic mass is 10.1. The second-order valence-corrected chi connectivity index (χ2v) is 4.37. The van der Waals surface area contributed by atoms with Crippen LogP contribution in [0.15, 0.2) is 24.5 Å². The third-order valence-electron chi connectivity index (χ3n) is 2.91. The number of anilines is 1. The molecule has 0 radical (unpaired) electrons. The zero-order valence-corrected chi connectivity index (χ0v) is 11.9. The van der Waals surface area contributed by atoms with Gasteiger partial charge in [-0.15, -0.1) is 0 Å². The molecule has 5 nitrogen and oxygen atoms in total. The summed E-state index contributed by atoms with van der Waals surface area (Å²) in [5.41, 5.74) is 1.04. The third kappa shape index (κ3) is 3.26. The van der Waals surface area contributed by atoms with Gasteiger partial charge in [0.15, 0.2) is 11.6 Å². The van der Waals surface area contributed by atoms with Crippen molar-refractivity contribution in [3.63, 3.8) is 0 Å². The lowest BCUT2D eigenvalue weighted by Gasteiger charge is -2.13. The van der Waals surface area contributed by atoms with Gasteiger partial charge >= 0.3 is 0 Å². The smallest absolute Gasteiger partial charge is 0.227 e. The summed E-state index contributed by atoms with van der Waals surface area (Å²) in [4.78, 5) is 8.21. The number of benzene rings is 1. The summed E-state index contributed by atoms with van der Waals surface area (Å²) in [6, 6.07) is 5.93. The normalized spacial score (nSPS) is 10.0. The summed E-state index contributed by atoms with van der Waals surface area (Å²) in [5.74, 6) is 0.420. The van der Waals surface area contributed by atoms with Gasteiger partial charge in [0.25, 0.3) is 0 Å². The van der Waals surface area contributed by atoms with Gasteiger partial charge in [0.05, 0.1) is 17.2 Å². The highest BCUT2D eigenvalue weighted by atomic mass is 19.1. The molecule has 2 aromatic rings. The molecular formula is C15H15FN4O. The van der Waals surface area contributed by atoms with E-state index in [0.29, 0.717) is 18.1 Å². The number of hydrogen-bond acceptors (Lipinski definition) is 5. The minimum atomic E-state index is -0.596. The number of nitrogens with zero attached hydrogens (tertiary/aromatic N) is 3. The minimum Gasteiger partial charge on any atom is -0.435 e. The van der Waals surface area contributed by atoms with Crippen molar-refractivity contribution in [3.05, 3.63) is 41.5 Å². The Balaban J connectivity index is 2.37. The van der Waals surface area contributed by atoms with E-state index in [0.717, 1.165) is 18.1 Å². The monoisotopic (exact) mass is 286 g/mol. The van der Waals surface area contributed by atoms with Crippen molar-refractivity contribution in [1.29, 1.82) is 5.26 Å². The summed E-state index contributed by atoms with van der Waals surface area (Å²) >= 11 is 0. The fraction of sp³-hybridized carbons (Fsp3) is 0.267. The summed E-state index contributed by atoms with van der Waals surface area (Å²) in [6.07, 6.45) is 2.96. The number of halogens is 1. The molecule has 0 aliphatic carbocycles. The Morgan fingerprint density at radius 2 is 2.19 bits per heavy atom. The summed E-state index contributed by atoms with van der Waals surface area (Å²) in [7, 11) is 1.76. The van der Waals surface area contributed by atoms with Crippen molar-refractivity contribution in [2.24, 2.45) is 0 Å². The predicted octanol–water partition coefficient (Wildman–Crippen LogP) is 3.27. The van der Waals surface area contributed by atoms with Gasteiger partial charge in [-0.05, 0) is 24.6 Å². The molecule has 0 fully saturated rings. The molecule has 1 aromatic heterocycles. The van der Waals surface area contributed by atoms with E-state index in [4.69, 9.17) is 10.00 Å². The van der Waals surface area contributed by atoms with Gasteiger partial charge < -0.3 is 10.1 Å². The van der Waals surface area contributed by atoms with Crippen LogP contribution in [0.4, 0.5) is 10.2 Å². The number of rotatable bonds is 5. The van der Waals surface area contributed by atoms with E-state index in [1.165, 1.54) is 18.5 Å². The SMILES string of the molecule is CCCc1c(NC)ncnc1Oc1ccc(C#N)cc1F. The number of nitrogens with one attached hydrogen (secondary N) is 1. The zero-order valence-electron chi connectivity index (χ0n) is 11.9. The van der Waals surface area contributed by atoms with Crippen LogP contribution in [0.2, 0.25) is 0 Å². The van der Waals surface area contributed by atoms with Crippen molar-refractivity contribution in [2.75, 3.05) is 12.4 Å². The van der Waals surface area contributed by atoms with Gasteiger partial charge in [-0.2, -0.15) is 5.26 Å². The van der Waals surface area contributed by atoms with Crippen LogP contribution in [0.5, 0.6) is 11.6 Å². The topological polar surface area (TPSA) is 70.8 Å². The van der Waals surface area contributed by atoms with Gasteiger partial charge in [-0.1, -0.05) is 13.3 Å². The first-order valence-corrected chi connectivity index (χ1v) is 6.58. The number of ether oxygens (including phenoxy) is 1. The minimum absolute atomic E-state index is 0.0344. The number of aromatic nitrogens is 2. The maximum atomic E-state index is 13.9. The van der Waals surface area contributed by atoms with Crippen molar-refractivity contribution in [3.8, 4) is 17.7 Å². The summed E-state index contributed by atoms with van der Waals surface area (Å²) in [6.45, 7) is 2.03. The van der Waals surface area contributed by atoms with Gasteiger partial charge in [0.1, 0.15) is 12.1 Å². The highest BCUT2D eigenvalue weighted by Gasteiger charge is 2.14. The molecule has 0 saturated heterocycles. The van der Waals surface area contributed by atoms with E-state index < -0.39 is 5.82 Å². The molecule has 0 aliphatic heterocycles. The fourth-order valence-corrected chi connectivity index (χ4v) is 1.93. The molecule has 0 bridgehead atoms. The van der Waals surface area contributed by atoms with E-state index >= 15 is 0 Å². The molecule has 0 unspecified atom stereocenters. The summed E-state index contributed by atoms with van der Waals surface area (Å²) in [5, 5.41) is 11.7. The highest BCUT2D eigenvalue weighted by molar-refractivity contribution is 5.49. The van der Waals surface area contributed by atoms with Crippen molar-refractivity contribution < 1.29 is 9.13 Å². The van der Waals surface area contributed by atoms with Gasteiger partial charge in [0, 0.05) is 7.05 Å². The van der Waals surface area contributed by atoms with Crippen LogP contribution in [-0.4, -0.2) is 17.0 Å². The Labute approximate surface area is 122 Å². The van der Waals surface area contributed by atoms with Gasteiger partial charge in [-0.25, -0.2) is 14.4 Å². The first-order chi connectivity index (χ1) is 10.2. The Morgan fingerprint density at radius 3 is 2.81 bits per heavy atom. The van der Waals surface area contributed by atoms with E-state index in [1.54, 1.807) is 7.05 Å². The molecule has 0 saturated carbocycles. The maximum absolute atomic E-state index is 13.9. The largest absolute Gasteiger partial charge is 0.435 e. The van der Waals surface area contributed by atoms with Gasteiger partial charge in [-0.3, -0.25) is 0 Å². The van der Waals surface area contributed by atoms with Crippen LogP contribution in [0.1, 0.15) is 24.5 Å². The van der Waals surface area contributed by atoms with E-state index in [1.807, 2.05) is 13.0 Å². The van der Waals surface area contributed by atoms with Crippen molar-refractivity contribution >= 4 is 5.82 Å². The molecule has 21 heavy (non-hydrogen) atoms. The molecule has 108 valence electrons. The van der Waals surface area contributed by atoms with Gasteiger partial charge in [0.2, 0.25) is 5.88 Å². The standard InChI is InChI=1S/C15H15FN4O/c1-3-4-11-14(18-2)19-9-20-15(11)21-13-6-5-10(8-17)7-12(13)16/h5-7,9H,3-4H2,1-2H3,(H,18,19,20). The molecule has 6 heteroatoms. The average Bonchev–Trinajstić information content (AvgIpc) is 2.51. The van der Waals surface area contributed by atoms with Crippen LogP contribution in [-0.2, 0) is 6.42 Å². The molecule has 1 heterocycles. The molecule has 2 rings (SSSR count). The van der Waals surface area contributed by atoms with Crippen LogP contribution >= 0.6 is 0 Å². The van der Waals surface area contributed by atoms with Crippen LogP contribution in [0, 0.1) is 17.1 Å². The molecule has 1 N–H and O–H groups in total. The molecule has 0 amide bonds. The van der Waals surface area contributed by atoms with E-state index in [-0.39, 0.29) is 11.3 Å². The number of nitriles is 1. The predicted molar refractivity (Wildman–Crippen MR) is 76.8 cm³/mol. The van der Waals surface area contributed by atoms with Crippen LogP contribution < -0.4 is 10.1 Å². The fourth-order valence-electron chi connectivity index (χ4n) is 1.93. The second kappa shape index (κ2) is 6.66. The highest BCUT2D eigenvalue weighted by Crippen LogP contribution is 2.29. The Bertz CT molecular complexity index is 682. The van der Waals surface area contributed by atoms with Crippen molar-refractivity contribution in [1.82, 2.24) is 9.97 Å². The quantitative estimate of drug-likeness (QED) is 0.913. The first kappa shape index (κ1) is 14.7. The van der Waals surface area contributed by atoms with Crippen molar-refractivity contribution in [2.45, 2.75) is 19.8 Å². The lowest BCUT2D eigenvalue weighted by Crippen LogP contribution is -2.03. The van der Waals surface area contributed by atoms with E-state index in [2.05, 4.69) is 15.3 Å². The molecule has 0 aliphatic rings. The molecular weight excluding hydrogens is 271 g/mol. The second-order valence-electron chi connectivity index (χ2n) is 4.37. The molecule has 1 aromatic carbocycles. The Kier molecular flexibility index (Phi) is 4.67. The molecule has 0 spiro atoms. The summed E-state index contributed by atoms with van der Waals surface area (Å²) < 4.78 is 19.4. The average molecular weight is 286 g/mol. The molecule has 0 atom stereocenters.